The number of carbonyl (C=O) groups is 1. The Balaban J connectivity index is 2.03. The van der Waals surface area contributed by atoms with Crippen molar-refractivity contribution in [3.63, 3.8) is 0 Å². The van der Waals surface area contributed by atoms with Crippen molar-refractivity contribution in [2.24, 2.45) is 5.73 Å². The van der Waals surface area contributed by atoms with Crippen LogP contribution in [-0.4, -0.2) is 27.6 Å². The van der Waals surface area contributed by atoms with Gasteiger partial charge in [0.15, 0.2) is 0 Å². The predicted molar refractivity (Wildman–Crippen MR) is 92.4 cm³/mol. The van der Waals surface area contributed by atoms with Gasteiger partial charge in [-0.15, -0.1) is 0 Å². The minimum Gasteiger partial charge on any atom is -0.399 e. The predicted octanol–water partition coefficient (Wildman–Crippen LogP) is 1.46. The number of aliphatic hydroxyl groups is 1. The molecular formula is C17H17N5O2. The van der Waals surface area contributed by atoms with Gasteiger partial charge in [0.2, 0.25) is 0 Å². The van der Waals surface area contributed by atoms with Crippen LogP contribution in [-0.2, 0) is 0 Å². The minimum atomic E-state index is -0.556. The number of nitrogens with one attached hydrogen (secondary N) is 1. The van der Waals surface area contributed by atoms with Crippen LogP contribution in [0.3, 0.4) is 0 Å². The summed E-state index contributed by atoms with van der Waals surface area (Å²) in [4.78, 5) is 19.9. The molecule has 0 aliphatic rings. The summed E-state index contributed by atoms with van der Waals surface area (Å²) in [6, 6.07) is 12.0. The molecule has 3 aromatic rings. The summed E-state index contributed by atoms with van der Waals surface area (Å²) < 4.78 is 0. The first-order valence-corrected chi connectivity index (χ1v) is 7.36. The maximum absolute atomic E-state index is 11.6. The number of hydrogen-bond acceptors (Lipinski definition) is 6. The normalized spacial score (nSPS) is 12.0. The Kier molecular flexibility index (Phi) is 4.26. The van der Waals surface area contributed by atoms with Crippen molar-refractivity contribution in [1.29, 1.82) is 0 Å². The van der Waals surface area contributed by atoms with Crippen molar-refractivity contribution < 1.29 is 9.90 Å². The quantitative estimate of drug-likeness (QED) is 0.526. The lowest BCUT2D eigenvalue weighted by atomic mass is 10.1. The number of aliphatic hydroxyl groups excluding tert-OH is 1. The Labute approximate surface area is 138 Å². The molecule has 7 nitrogen and oxygen atoms in total. The number of amides is 1. The molecule has 0 saturated heterocycles. The number of para-hydroxylation sites is 1. The Morgan fingerprint density at radius 1 is 1.21 bits per heavy atom. The van der Waals surface area contributed by atoms with Gasteiger partial charge in [-0.3, -0.25) is 4.79 Å². The molecule has 2 aromatic carbocycles. The first kappa shape index (κ1) is 15.7. The number of primary amides is 1. The van der Waals surface area contributed by atoms with E-state index in [0.29, 0.717) is 28.0 Å². The average Bonchev–Trinajstić information content (AvgIpc) is 2.59. The van der Waals surface area contributed by atoms with Gasteiger partial charge < -0.3 is 21.9 Å². The van der Waals surface area contributed by atoms with Crippen LogP contribution in [0.1, 0.15) is 22.0 Å². The number of carbonyl (C=O) groups excluding carboxylic acids is 1. The molecule has 0 radical (unpaired) electrons. The van der Waals surface area contributed by atoms with E-state index in [4.69, 9.17) is 11.5 Å². The lowest BCUT2D eigenvalue weighted by Gasteiger charge is -2.19. The van der Waals surface area contributed by atoms with E-state index in [-0.39, 0.29) is 6.61 Å². The van der Waals surface area contributed by atoms with E-state index in [1.165, 1.54) is 6.33 Å². The van der Waals surface area contributed by atoms with E-state index in [9.17, 15) is 9.90 Å². The Morgan fingerprint density at radius 3 is 2.71 bits per heavy atom. The lowest BCUT2D eigenvalue weighted by molar-refractivity contribution is 0.100. The number of nitrogens with two attached hydrogens (primary N) is 2. The van der Waals surface area contributed by atoms with Gasteiger partial charge in [0.25, 0.3) is 5.91 Å². The average molecular weight is 323 g/mol. The maximum Gasteiger partial charge on any atom is 0.250 e. The van der Waals surface area contributed by atoms with Gasteiger partial charge in [0.05, 0.1) is 23.7 Å². The standard InChI is InChI=1S/C17H17N5O2/c18-11-4-1-3-10(7-11)14(8-23)22-17-13-6-2-5-12(16(19)24)15(13)20-9-21-17/h1-7,9,14,23H,8,18H2,(H2,19,24)(H,20,21,22). The molecule has 1 amide bonds. The molecule has 7 heteroatoms. The molecule has 0 aliphatic heterocycles. The number of benzene rings is 2. The van der Waals surface area contributed by atoms with Crippen molar-refractivity contribution in [1.82, 2.24) is 9.97 Å². The SMILES string of the molecule is NC(=O)c1cccc2c(NC(CO)c3cccc(N)c3)ncnc12. The molecular weight excluding hydrogens is 306 g/mol. The molecule has 1 heterocycles. The van der Waals surface area contributed by atoms with Crippen molar-refractivity contribution in [2.75, 3.05) is 17.7 Å². The lowest BCUT2D eigenvalue weighted by Crippen LogP contribution is -2.17. The van der Waals surface area contributed by atoms with Gasteiger partial charge in [-0.2, -0.15) is 0 Å². The van der Waals surface area contributed by atoms with Crippen LogP contribution >= 0.6 is 0 Å². The smallest absolute Gasteiger partial charge is 0.250 e. The second kappa shape index (κ2) is 6.51. The van der Waals surface area contributed by atoms with Crippen LogP contribution in [0.5, 0.6) is 0 Å². The van der Waals surface area contributed by atoms with Crippen molar-refractivity contribution >= 4 is 28.3 Å². The number of nitrogen functional groups attached to an aromatic ring is 1. The van der Waals surface area contributed by atoms with Crippen molar-refractivity contribution in [2.45, 2.75) is 6.04 Å². The van der Waals surface area contributed by atoms with Gasteiger partial charge in [-0.05, 0) is 29.8 Å². The molecule has 0 aliphatic carbocycles. The molecule has 0 fully saturated rings. The highest BCUT2D eigenvalue weighted by atomic mass is 16.3. The number of aromatic nitrogens is 2. The monoisotopic (exact) mass is 323 g/mol. The Morgan fingerprint density at radius 2 is 2.00 bits per heavy atom. The van der Waals surface area contributed by atoms with E-state index < -0.39 is 11.9 Å². The van der Waals surface area contributed by atoms with E-state index in [0.717, 1.165) is 5.56 Å². The fourth-order valence-corrected chi connectivity index (χ4v) is 2.58. The molecule has 0 saturated carbocycles. The van der Waals surface area contributed by atoms with Crippen LogP contribution in [0.15, 0.2) is 48.8 Å². The van der Waals surface area contributed by atoms with Gasteiger partial charge in [-0.25, -0.2) is 9.97 Å². The summed E-state index contributed by atoms with van der Waals surface area (Å²) in [5.41, 5.74) is 13.4. The topological polar surface area (TPSA) is 127 Å². The third-order valence-corrected chi connectivity index (χ3v) is 3.74. The maximum atomic E-state index is 11.6. The summed E-state index contributed by atoms with van der Waals surface area (Å²) in [7, 11) is 0. The highest BCUT2D eigenvalue weighted by Crippen LogP contribution is 2.26. The van der Waals surface area contributed by atoms with E-state index in [1.54, 1.807) is 30.3 Å². The van der Waals surface area contributed by atoms with Gasteiger partial charge in [-0.1, -0.05) is 18.2 Å². The van der Waals surface area contributed by atoms with Crippen molar-refractivity contribution in [3.05, 3.63) is 59.9 Å². The third kappa shape index (κ3) is 2.97. The molecule has 6 N–H and O–H groups in total. The second-order valence-corrected chi connectivity index (χ2v) is 5.34. The molecule has 3 rings (SSSR count). The number of nitrogens with zero attached hydrogens (tertiary/aromatic N) is 2. The fourth-order valence-electron chi connectivity index (χ4n) is 2.58. The molecule has 24 heavy (non-hydrogen) atoms. The second-order valence-electron chi connectivity index (χ2n) is 5.34. The number of fused-ring (bicyclic) bond motifs is 1. The van der Waals surface area contributed by atoms with Crippen LogP contribution in [0, 0.1) is 0 Å². The number of hydrogen-bond donors (Lipinski definition) is 4. The zero-order chi connectivity index (χ0) is 17.1. The molecule has 1 unspecified atom stereocenters. The molecule has 0 spiro atoms. The minimum absolute atomic E-state index is 0.148. The number of rotatable bonds is 5. The summed E-state index contributed by atoms with van der Waals surface area (Å²) in [5.74, 6) is -0.0515. The zero-order valence-electron chi connectivity index (χ0n) is 12.8. The first-order chi connectivity index (χ1) is 11.6. The summed E-state index contributed by atoms with van der Waals surface area (Å²) in [6.07, 6.45) is 1.35. The van der Waals surface area contributed by atoms with Crippen molar-refractivity contribution in [3.8, 4) is 0 Å². The third-order valence-electron chi connectivity index (χ3n) is 3.74. The van der Waals surface area contributed by atoms with Crippen LogP contribution < -0.4 is 16.8 Å². The fraction of sp³-hybridized carbons (Fsp3) is 0.118. The molecule has 1 aromatic heterocycles. The van der Waals surface area contributed by atoms with Gasteiger partial charge in [0, 0.05) is 11.1 Å². The summed E-state index contributed by atoms with van der Waals surface area (Å²) >= 11 is 0. The van der Waals surface area contributed by atoms with Crippen LogP contribution in [0.25, 0.3) is 10.9 Å². The molecule has 1 atom stereocenters. The summed E-state index contributed by atoms with van der Waals surface area (Å²) in [5, 5.41) is 13.5. The zero-order valence-corrected chi connectivity index (χ0v) is 12.8. The highest BCUT2D eigenvalue weighted by Gasteiger charge is 2.15. The van der Waals surface area contributed by atoms with Crippen LogP contribution in [0.2, 0.25) is 0 Å². The first-order valence-electron chi connectivity index (χ1n) is 7.36. The Hall–Kier alpha value is -3.19. The molecule has 122 valence electrons. The largest absolute Gasteiger partial charge is 0.399 e. The summed E-state index contributed by atoms with van der Waals surface area (Å²) in [6.45, 7) is -0.148. The van der Waals surface area contributed by atoms with E-state index in [1.807, 2.05) is 12.1 Å². The van der Waals surface area contributed by atoms with E-state index in [2.05, 4.69) is 15.3 Å². The molecule has 0 bridgehead atoms. The van der Waals surface area contributed by atoms with Gasteiger partial charge in [0.1, 0.15) is 12.1 Å². The van der Waals surface area contributed by atoms with Crippen LogP contribution in [0.4, 0.5) is 11.5 Å². The van der Waals surface area contributed by atoms with E-state index >= 15 is 0 Å². The number of anilines is 2. The highest BCUT2D eigenvalue weighted by molar-refractivity contribution is 6.06. The Bertz CT molecular complexity index is 897. The van der Waals surface area contributed by atoms with Gasteiger partial charge >= 0.3 is 0 Å².